The number of rotatable bonds is 5. The van der Waals surface area contributed by atoms with Crippen LogP contribution in [0, 0.1) is 6.92 Å². The van der Waals surface area contributed by atoms with E-state index in [1.165, 1.54) is 6.92 Å². The van der Waals surface area contributed by atoms with Crippen molar-refractivity contribution in [2.24, 2.45) is 0 Å². The Morgan fingerprint density at radius 2 is 2.17 bits per heavy atom. The lowest BCUT2D eigenvalue weighted by Gasteiger charge is -2.10. The Labute approximate surface area is 110 Å². The Kier molecular flexibility index (Phi) is 4.97. The van der Waals surface area contributed by atoms with Crippen molar-refractivity contribution in [2.45, 2.75) is 19.9 Å². The van der Waals surface area contributed by atoms with E-state index in [1.54, 1.807) is 18.2 Å². The zero-order valence-electron chi connectivity index (χ0n) is 10.1. The van der Waals surface area contributed by atoms with Crippen molar-refractivity contribution >= 4 is 23.5 Å². The molecule has 0 fully saturated rings. The second kappa shape index (κ2) is 6.26. The van der Waals surface area contributed by atoms with E-state index >= 15 is 0 Å². The van der Waals surface area contributed by atoms with Gasteiger partial charge in [0.2, 0.25) is 0 Å². The van der Waals surface area contributed by atoms with Crippen LogP contribution in [-0.4, -0.2) is 29.6 Å². The molecule has 0 heterocycles. The number of carboxylic acids is 1. The smallest absolute Gasteiger partial charge is 0.325 e. The average molecular weight is 272 g/mol. The van der Waals surface area contributed by atoms with Gasteiger partial charge in [0.1, 0.15) is 11.8 Å². The highest BCUT2D eigenvalue weighted by Gasteiger charge is 2.14. The van der Waals surface area contributed by atoms with Gasteiger partial charge in [-0.05, 0) is 37.6 Å². The molecule has 1 aromatic carbocycles. The molecule has 2 N–H and O–H groups in total. The fraction of sp³-hybridized carbons (Fsp3) is 0.333. The van der Waals surface area contributed by atoms with Crippen molar-refractivity contribution in [1.29, 1.82) is 0 Å². The summed E-state index contributed by atoms with van der Waals surface area (Å²) in [4.78, 5) is 21.9. The molecule has 0 aliphatic rings. The second-order valence-electron chi connectivity index (χ2n) is 3.83. The number of ether oxygens (including phenoxy) is 1. The Hall–Kier alpha value is -1.75. The number of amides is 1. The lowest BCUT2D eigenvalue weighted by Crippen LogP contribution is -2.40. The quantitative estimate of drug-likeness (QED) is 0.853. The Balaban J connectivity index is 2.47. The number of halogens is 1. The summed E-state index contributed by atoms with van der Waals surface area (Å²) in [6.45, 7) is 2.97. The van der Waals surface area contributed by atoms with Crippen molar-refractivity contribution < 1.29 is 19.4 Å². The molecule has 1 atom stereocenters. The van der Waals surface area contributed by atoms with Gasteiger partial charge < -0.3 is 15.2 Å². The summed E-state index contributed by atoms with van der Waals surface area (Å²) in [7, 11) is 0. The number of hydrogen-bond acceptors (Lipinski definition) is 3. The lowest BCUT2D eigenvalue weighted by molar-refractivity contribution is -0.141. The summed E-state index contributed by atoms with van der Waals surface area (Å²) in [6, 6.07) is 4.08. The summed E-state index contributed by atoms with van der Waals surface area (Å²) >= 11 is 5.85. The number of aryl methyl sites for hydroxylation is 1. The lowest BCUT2D eigenvalue weighted by atomic mass is 10.2. The highest BCUT2D eigenvalue weighted by Crippen LogP contribution is 2.20. The highest BCUT2D eigenvalue weighted by molar-refractivity contribution is 6.31. The fourth-order valence-electron chi connectivity index (χ4n) is 1.20. The minimum absolute atomic E-state index is 0.237. The molecular weight excluding hydrogens is 258 g/mol. The molecule has 18 heavy (non-hydrogen) atoms. The Morgan fingerprint density at radius 1 is 1.50 bits per heavy atom. The molecule has 0 radical (unpaired) electrons. The maximum atomic E-state index is 11.4. The minimum Gasteiger partial charge on any atom is -0.484 e. The first-order valence-electron chi connectivity index (χ1n) is 5.31. The van der Waals surface area contributed by atoms with Crippen molar-refractivity contribution in [2.75, 3.05) is 6.61 Å². The predicted octanol–water partition coefficient (Wildman–Crippen LogP) is 1.62. The standard InChI is InChI=1S/C12H14ClNO4/c1-7-5-9(3-4-10(7)13)18-6-11(15)14-8(2)12(16)17/h3-5,8H,6H2,1-2H3,(H,14,15)(H,16,17)/t8-/m1/s1. The van der Waals surface area contributed by atoms with Gasteiger partial charge in [-0.3, -0.25) is 9.59 Å². The van der Waals surface area contributed by atoms with Crippen molar-refractivity contribution in [3.8, 4) is 5.75 Å². The average Bonchev–Trinajstić information content (AvgIpc) is 2.30. The molecule has 0 saturated carbocycles. The molecular formula is C12H14ClNO4. The first-order valence-corrected chi connectivity index (χ1v) is 5.69. The summed E-state index contributed by atoms with van der Waals surface area (Å²) < 4.78 is 5.22. The first-order chi connectivity index (χ1) is 8.40. The van der Waals surface area contributed by atoms with Gasteiger partial charge in [-0.25, -0.2) is 0 Å². The van der Waals surface area contributed by atoms with Gasteiger partial charge in [0, 0.05) is 5.02 Å². The van der Waals surface area contributed by atoms with Gasteiger partial charge in [0.15, 0.2) is 6.61 Å². The molecule has 0 bridgehead atoms. The van der Waals surface area contributed by atoms with Gasteiger partial charge in [-0.2, -0.15) is 0 Å². The number of hydrogen-bond donors (Lipinski definition) is 2. The Morgan fingerprint density at radius 3 is 2.72 bits per heavy atom. The van der Waals surface area contributed by atoms with E-state index in [-0.39, 0.29) is 6.61 Å². The van der Waals surface area contributed by atoms with Crippen molar-refractivity contribution in [1.82, 2.24) is 5.32 Å². The van der Waals surface area contributed by atoms with Crippen molar-refractivity contribution in [3.63, 3.8) is 0 Å². The number of carbonyl (C=O) groups is 2. The monoisotopic (exact) mass is 271 g/mol. The van der Waals surface area contributed by atoms with Crippen LogP contribution in [0.2, 0.25) is 5.02 Å². The van der Waals surface area contributed by atoms with Gasteiger partial charge in [0.05, 0.1) is 0 Å². The number of benzene rings is 1. The van der Waals surface area contributed by atoms with E-state index in [0.717, 1.165) is 5.56 Å². The van der Waals surface area contributed by atoms with E-state index in [0.29, 0.717) is 10.8 Å². The number of nitrogens with one attached hydrogen (secondary N) is 1. The van der Waals surface area contributed by atoms with Gasteiger partial charge in [0.25, 0.3) is 5.91 Å². The molecule has 1 aromatic rings. The van der Waals surface area contributed by atoms with Gasteiger partial charge in [-0.15, -0.1) is 0 Å². The molecule has 0 aliphatic heterocycles. The largest absolute Gasteiger partial charge is 0.484 e. The van der Waals surface area contributed by atoms with Crippen LogP contribution in [-0.2, 0) is 9.59 Å². The normalized spacial score (nSPS) is 11.7. The maximum absolute atomic E-state index is 11.4. The van der Waals surface area contributed by atoms with E-state index in [9.17, 15) is 9.59 Å². The molecule has 0 saturated heterocycles. The summed E-state index contributed by atoms with van der Waals surface area (Å²) in [5, 5.41) is 11.5. The summed E-state index contributed by atoms with van der Waals surface area (Å²) in [6.07, 6.45) is 0. The van der Waals surface area contributed by atoms with Crippen LogP contribution in [0.4, 0.5) is 0 Å². The van der Waals surface area contributed by atoms with Crippen molar-refractivity contribution in [3.05, 3.63) is 28.8 Å². The van der Waals surface area contributed by atoms with Crippen LogP contribution in [0.1, 0.15) is 12.5 Å². The van der Waals surface area contributed by atoms with Crippen LogP contribution in [0.3, 0.4) is 0 Å². The molecule has 98 valence electrons. The molecule has 0 spiro atoms. The summed E-state index contributed by atoms with van der Waals surface area (Å²) in [5.41, 5.74) is 0.841. The molecule has 5 nitrogen and oxygen atoms in total. The second-order valence-corrected chi connectivity index (χ2v) is 4.23. The maximum Gasteiger partial charge on any atom is 0.325 e. The fourth-order valence-corrected chi connectivity index (χ4v) is 1.32. The molecule has 0 aromatic heterocycles. The number of carboxylic acid groups (broad SMARTS) is 1. The van der Waals surface area contributed by atoms with Crippen LogP contribution in [0.5, 0.6) is 5.75 Å². The molecule has 1 amide bonds. The topological polar surface area (TPSA) is 75.6 Å². The third-order valence-corrected chi connectivity index (χ3v) is 2.67. The molecule has 1 rings (SSSR count). The molecule has 0 aliphatic carbocycles. The number of aliphatic carboxylic acids is 1. The summed E-state index contributed by atoms with van der Waals surface area (Å²) in [5.74, 6) is -1.07. The molecule has 0 unspecified atom stereocenters. The van der Waals surface area contributed by atoms with Crippen LogP contribution >= 0.6 is 11.6 Å². The van der Waals surface area contributed by atoms with E-state index in [1.807, 2.05) is 6.92 Å². The highest BCUT2D eigenvalue weighted by atomic mass is 35.5. The number of carbonyl (C=O) groups excluding carboxylic acids is 1. The van der Waals surface area contributed by atoms with Crippen LogP contribution in [0.25, 0.3) is 0 Å². The van der Waals surface area contributed by atoms with Gasteiger partial charge in [-0.1, -0.05) is 11.6 Å². The zero-order chi connectivity index (χ0) is 13.7. The third-order valence-electron chi connectivity index (χ3n) is 2.25. The minimum atomic E-state index is -1.09. The van der Waals surface area contributed by atoms with E-state index in [4.69, 9.17) is 21.4 Å². The first kappa shape index (κ1) is 14.3. The van der Waals surface area contributed by atoms with Crippen LogP contribution in [0.15, 0.2) is 18.2 Å². The van der Waals surface area contributed by atoms with E-state index in [2.05, 4.69) is 5.32 Å². The zero-order valence-corrected chi connectivity index (χ0v) is 10.8. The van der Waals surface area contributed by atoms with Crippen LogP contribution < -0.4 is 10.1 Å². The Bertz CT molecular complexity index is 461. The molecule has 6 heteroatoms. The van der Waals surface area contributed by atoms with E-state index < -0.39 is 17.9 Å². The SMILES string of the molecule is Cc1cc(OCC(=O)N[C@H](C)C(=O)O)ccc1Cl. The predicted molar refractivity (Wildman–Crippen MR) is 66.9 cm³/mol. The van der Waals surface area contributed by atoms with Gasteiger partial charge >= 0.3 is 5.97 Å². The third kappa shape index (κ3) is 4.25.